The van der Waals surface area contributed by atoms with E-state index in [4.69, 9.17) is 0 Å². The van der Waals surface area contributed by atoms with Crippen molar-refractivity contribution in [1.29, 1.82) is 0 Å². The first-order valence-electron chi connectivity index (χ1n) is 7.45. The molecule has 118 valence electrons. The number of thioether (sulfide) groups is 1. The molecule has 0 saturated heterocycles. The molecule has 0 spiro atoms. The van der Waals surface area contributed by atoms with Gasteiger partial charge in [0.25, 0.3) is 5.91 Å². The lowest BCUT2D eigenvalue weighted by Gasteiger charge is -2.03. The van der Waals surface area contributed by atoms with E-state index >= 15 is 0 Å². The lowest BCUT2D eigenvalue weighted by atomic mass is 10.2. The molecule has 0 aliphatic carbocycles. The second kappa shape index (κ2) is 8.85. The van der Waals surface area contributed by atoms with Crippen molar-refractivity contribution in [3.63, 3.8) is 0 Å². The zero-order valence-corrected chi connectivity index (χ0v) is 14.5. The van der Waals surface area contributed by atoms with Gasteiger partial charge >= 0.3 is 0 Å². The third-order valence-electron chi connectivity index (χ3n) is 2.97. The molecule has 5 nitrogen and oxygen atoms in total. The highest BCUT2D eigenvalue weighted by atomic mass is 32.2. The second-order valence-electron chi connectivity index (χ2n) is 4.73. The molecule has 0 bridgehead atoms. The number of pyridine rings is 1. The van der Waals surface area contributed by atoms with E-state index in [1.54, 1.807) is 30.1 Å². The molecule has 2 aromatic heterocycles. The van der Waals surface area contributed by atoms with Gasteiger partial charge in [0.15, 0.2) is 0 Å². The highest BCUT2D eigenvalue weighted by molar-refractivity contribution is 7.99. The van der Waals surface area contributed by atoms with Crippen molar-refractivity contribution < 1.29 is 4.79 Å². The number of nitrogens with zero attached hydrogens (tertiary/aromatic N) is 3. The number of nitrogens with one attached hydrogen (secondary N) is 1. The molecule has 0 fully saturated rings. The zero-order valence-electron chi connectivity index (χ0n) is 12.8. The van der Waals surface area contributed by atoms with Crippen LogP contribution in [0.3, 0.4) is 0 Å². The number of carbonyl (C=O) groups is 1. The number of rotatable bonds is 8. The van der Waals surface area contributed by atoms with Gasteiger partial charge in [-0.3, -0.25) is 10.1 Å². The summed E-state index contributed by atoms with van der Waals surface area (Å²) in [7, 11) is 0. The van der Waals surface area contributed by atoms with Crippen molar-refractivity contribution in [2.75, 3.05) is 11.1 Å². The molecule has 2 rings (SSSR count). The lowest BCUT2D eigenvalue weighted by Crippen LogP contribution is -2.11. The standard InChI is InChI=1S/C15H20N4OS2/c1-3-5-6-7-12-18-19-15(22-12)17-14(20)11-8-9-16-13(10-11)21-4-2/h8-10H,3-7H2,1-2H3,(H,17,19,20). The van der Waals surface area contributed by atoms with Gasteiger partial charge in [0.05, 0.1) is 5.03 Å². The van der Waals surface area contributed by atoms with Crippen LogP contribution in [0.15, 0.2) is 23.4 Å². The van der Waals surface area contributed by atoms with Gasteiger partial charge in [0.1, 0.15) is 5.01 Å². The molecule has 0 aromatic carbocycles. The first-order chi connectivity index (χ1) is 10.7. The second-order valence-corrected chi connectivity index (χ2v) is 7.07. The first-order valence-corrected chi connectivity index (χ1v) is 9.25. The summed E-state index contributed by atoms with van der Waals surface area (Å²) in [5, 5.41) is 13.3. The Kier molecular flexibility index (Phi) is 6.79. The Hall–Kier alpha value is -1.47. The Morgan fingerprint density at radius 2 is 2.18 bits per heavy atom. The number of amides is 1. The Morgan fingerprint density at radius 1 is 1.32 bits per heavy atom. The van der Waals surface area contributed by atoms with Gasteiger partial charge in [-0.05, 0) is 24.3 Å². The third-order valence-corrected chi connectivity index (χ3v) is 4.68. The van der Waals surface area contributed by atoms with Gasteiger partial charge < -0.3 is 0 Å². The fraction of sp³-hybridized carbons (Fsp3) is 0.467. The van der Waals surface area contributed by atoms with Gasteiger partial charge in [0.2, 0.25) is 5.13 Å². The lowest BCUT2D eigenvalue weighted by molar-refractivity contribution is 0.102. The topological polar surface area (TPSA) is 67.8 Å². The molecule has 2 aromatic rings. The van der Waals surface area contributed by atoms with E-state index in [-0.39, 0.29) is 5.91 Å². The highest BCUT2D eigenvalue weighted by Crippen LogP contribution is 2.20. The number of aryl methyl sites for hydroxylation is 1. The summed E-state index contributed by atoms with van der Waals surface area (Å²) in [6.07, 6.45) is 6.07. The minimum Gasteiger partial charge on any atom is -0.296 e. The molecule has 1 N–H and O–H groups in total. The normalized spacial score (nSPS) is 10.6. The largest absolute Gasteiger partial charge is 0.296 e. The summed E-state index contributed by atoms with van der Waals surface area (Å²) in [5.74, 6) is 0.756. The molecular formula is C15H20N4OS2. The SMILES string of the molecule is CCCCCc1nnc(NC(=O)c2ccnc(SCC)c2)s1. The van der Waals surface area contributed by atoms with Crippen molar-refractivity contribution in [3.8, 4) is 0 Å². The molecule has 7 heteroatoms. The summed E-state index contributed by atoms with van der Waals surface area (Å²) in [6, 6.07) is 3.50. The summed E-state index contributed by atoms with van der Waals surface area (Å²) < 4.78 is 0. The molecule has 0 saturated carbocycles. The summed E-state index contributed by atoms with van der Waals surface area (Å²) in [5.41, 5.74) is 0.591. The van der Waals surface area contributed by atoms with Crippen LogP contribution in [0.1, 0.15) is 48.5 Å². The van der Waals surface area contributed by atoms with Crippen LogP contribution < -0.4 is 5.32 Å². The maximum absolute atomic E-state index is 12.2. The summed E-state index contributed by atoms with van der Waals surface area (Å²) >= 11 is 3.06. The van der Waals surface area contributed by atoms with Crippen molar-refractivity contribution >= 4 is 34.1 Å². The molecule has 0 unspecified atom stereocenters. The minimum absolute atomic E-state index is 0.170. The van der Waals surface area contributed by atoms with Gasteiger partial charge in [-0.2, -0.15) is 0 Å². The van der Waals surface area contributed by atoms with Crippen LogP contribution in [0.5, 0.6) is 0 Å². The minimum atomic E-state index is -0.170. The van der Waals surface area contributed by atoms with Crippen LogP contribution in [0.2, 0.25) is 0 Å². The number of unbranched alkanes of at least 4 members (excludes halogenated alkanes) is 2. The van der Waals surface area contributed by atoms with Crippen molar-refractivity contribution in [1.82, 2.24) is 15.2 Å². The maximum Gasteiger partial charge on any atom is 0.257 e. The molecular weight excluding hydrogens is 316 g/mol. The van der Waals surface area contributed by atoms with Crippen LogP contribution in [-0.4, -0.2) is 26.8 Å². The van der Waals surface area contributed by atoms with Crippen molar-refractivity contribution in [2.45, 2.75) is 44.6 Å². The highest BCUT2D eigenvalue weighted by Gasteiger charge is 2.11. The summed E-state index contributed by atoms with van der Waals surface area (Å²) in [6.45, 7) is 4.23. The average Bonchev–Trinajstić information content (AvgIpc) is 2.95. The average molecular weight is 336 g/mol. The quantitative estimate of drug-likeness (QED) is 0.582. The van der Waals surface area contributed by atoms with E-state index < -0.39 is 0 Å². The van der Waals surface area contributed by atoms with Crippen LogP contribution in [-0.2, 0) is 6.42 Å². The van der Waals surface area contributed by atoms with E-state index in [2.05, 4.69) is 34.3 Å². The van der Waals surface area contributed by atoms with Gasteiger partial charge in [0, 0.05) is 18.2 Å². The van der Waals surface area contributed by atoms with E-state index in [1.165, 1.54) is 24.2 Å². The molecule has 22 heavy (non-hydrogen) atoms. The van der Waals surface area contributed by atoms with E-state index in [0.29, 0.717) is 10.7 Å². The van der Waals surface area contributed by atoms with Crippen molar-refractivity contribution in [3.05, 3.63) is 28.9 Å². The predicted octanol–water partition coefficient (Wildman–Crippen LogP) is 4.03. The zero-order chi connectivity index (χ0) is 15.8. The predicted molar refractivity (Wildman–Crippen MR) is 91.7 cm³/mol. The van der Waals surface area contributed by atoms with Crippen molar-refractivity contribution in [2.24, 2.45) is 0 Å². The molecule has 2 heterocycles. The van der Waals surface area contributed by atoms with Crippen LogP contribution >= 0.6 is 23.1 Å². The van der Waals surface area contributed by atoms with E-state index in [1.807, 2.05) is 0 Å². The van der Waals surface area contributed by atoms with E-state index in [0.717, 1.165) is 28.6 Å². The van der Waals surface area contributed by atoms with Gasteiger partial charge in [-0.25, -0.2) is 4.98 Å². The number of hydrogen-bond donors (Lipinski definition) is 1. The summed E-state index contributed by atoms with van der Waals surface area (Å²) in [4.78, 5) is 16.5. The van der Waals surface area contributed by atoms with Crippen LogP contribution in [0.4, 0.5) is 5.13 Å². The van der Waals surface area contributed by atoms with Crippen LogP contribution in [0.25, 0.3) is 0 Å². The Bertz CT molecular complexity index is 615. The monoisotopic (exact) mass is 336 g/mol. The van der Waals surface area contributed by atoms with Crippen LogP contribution in [0, 0.1) is 0 Å². The molecule has 0 atom stereocenters. The number of hydrogen-bond acceptors (Lipinski definition) is 6. The number of anilines is 1. The number of carbonyl (C=O) groups excluding carboxylic acids is 1. The molecule has 1 amide bonds. The molecule has 0 aliphatic rings. The number of aromatic nitrogens is 3. The first kappa shape index (κ1) is 16.9. The fourth-order valence-corrected chi connectivity index (χ4v) is 3.30. The Morgan fingerprint density at radius 3 is 2.95 bits per heavy atom. The Balaban J connectivity index is 1.95. The van der Waals surface area contributed by atoms with Gasteiger partial charge in [-0.15, -0.1) is 22.0 Å². The van der Waals surface area contributed by atoms with E-state index in [9.17, 15) is 4.79 Å². The Labute approximate surface area is 139 Å². The third kappa shape index (κ3) is 5.06. The van der Waals surface area contributed by atoms with Gasteiger partial charge in [-0.1, -0.05) is 38.0 Å². The fourth-order valence-electron chi connectivity index (χ4n) is 1.88. The molecule has 0 radical (unpaired) electrons. The maximum atomic E-state index is 12.2. The molecule has 0 aliphatic heterocycles. The smallest absolute Gasteiger partial charge is 0.257 e.